The van der Waals surface area contributed by atoms with Crippen molar-refractivity contribution >= 4 is 5.91 Å². The van der Waals surface area contributed by atoms with Gasteiger partial charge in [-0.25, -0.2) is 0 Å². The largest absolute Gasteiger partial charge is 0.349 e. The molecule has 1 amide bonds. The van der Waals surface area contributed by atoms with Crippen LogP contribution in [0.4, 0.5) is 0 Å². The van der Waals surface area contributed by atoms with E-state index < -0.39 is 0 Å². The Kier molecular flexibility index (Phi) is 4.25. The second kappa shape index (κ2) is 5.74. The molecule has 3 N–H and O–H groups in total. The third kappa shape index (κ3) is 3.16. The van der Waals surface area contributed by atoms with E-state index in [2.05, 4.69) is 43.4 Å². The highest BCUT2D eigenvalue weighted by Gasteiger charge is 2.32. The summed E-state index contributed by atoms with van der Waals surface area (Å²) < 4.78 is 0. The van der Waals surface area contributed by atoms with Crippen molar-refractivity contribution in [2.24, 2.45) is 5.73 Å². The fraction of sp³-hybridized carbons (Fsp3) is 0.562. The van der Waals surface area contributed by atoms with Gasteiger partial charge in [-0.15, -0.1) is 0 Å². The summed E-state index contributed by atoms with van der Waals surface area (Å²) in [5.74, 6) is 0.116. The molecule has 1 aromatic rings. The zero-order valence-electron chi connectivity index (χ0n) is 11.9. The highest BCUT2D eigenvalue weighted by Crippen LogP contribution is 2.41. The second-order valence-electron chi connectivity index (χ2n) is 6.02. The molecule has 0 aliphatic heterocycles. The van der Waals surface area contributed by atoms with Crippen molar-refractivity contribution in [3.8, 4) is 0 Å². The number of hydrogen-bond acceptors (Lipinski definition) is 2. The molecule has 0 spiro atoms. The Hall–Kier alpha value is -1.35. The van der Waals surface area contributed by atoms with E-state index in [0.29, 0.717) is 13.0 Å². The van der Waals surface area contributed by atoms with Crippen LogP contribution in [0, 0.1) is 0 Å². The van der Waals surface area contributed by atoms with Crippen molar-refractivity contribution in [1.82, 2.24) is 5.32 Å². The predicted molar refractivity (Wildman–Crippen MR) is 77.9 cm³/mol. The van der Waals surface area contributed by atoms with Gasteiger partial charge in [0, 0.05) is 6.42 Å². The molecule has 3 heteroatoms. The Morgan fingerprint density at radius 1 is 1.42 bits per heavy atom. The summed E-state index contributed by atoms with van der Waals surface area (Å²) in [6, 6.07) is 8.63. The first-order valence-electron chi connectivity index (χ1n) is 7.13. The maximum Gasteiger partial charge on any atom is 0.220 e. The van der Waals surface area contributed by atoms with E-state index in [9.17, 15) is 4.79 Å². The molecule has 3 nitrogen and oxygen atoms in total. The van der Waals surface area contributed by atoms with Crippen LogP contribution in [0.25, 0.3) is 0 Å². The van der Waals surface area contributed by atoms with Gasteiger partial charge in [-0.3, -0.25) is 4.79 Å². The van der Waals surface area contributed by atoms with Crippen LogP contribution < -0.4 is 11.1 Å². The van der Waals surface area contributed by atoms with Gasteiger partial charge in [0.1, 0.15) is 0 Å². The topological polar surface area (TPSA) is 55.1 Å². The summed E-state index contributed by atoms with van der Waals surface area (Å²) in [7, 11) is 0. The summed E-state index contributed by atoms with van der Waals surface area (Å²) in [4.78, 5) is 11.9. The first kappa shape index (κ1) is 14.1. The number of rotatable bonds is 4. The van der Waals surface area contributed by atoms with Gasteiger partial charge >= 0.3 is 0 Å². The monoisotopic (exact) mass is 260 g/mol. The van der Waals surface area contributed by atoms with Crippen molar-refractivity contribution in [1.29, 1.82) is 0 Å². The Morgan fingerprint density at radius 3 is 2.89 bits per heavy atom. The zero-order chi connectivity index (χ0) is 13.9. The van der Waals surface area contributed by atoms with Crippen LogP contribution in [0.5, 0.6) is 0 Å². The molecule has 0 fully saturated rings. The lowest BCUT2D eigenvalue weighted by Crippen LogP contribution is -2.35. The molecule has 19 heavy (non-hydrogen) atoms. The molecular weight excluding hydrogens is 236 g/mol. The van der Waals surface area contributed by atoms with E-state index in [1.54, 1.807) is 0 Å². The molecule has 0 saturated heterocycles. The van der Waals surface area contributed by atoms with Crippen molar-refractivity contribution < 1.29 is 4.79 Å². The van der Waals surface area contributed by atoms with Crippen molar-refractivity contribution in [2.45, 2.75) is 51.0 Å². The Bertz CT molecular complexity index is 454. The lowest BCUT2D eigenvalue weighted by Gasteiger charge is -2.37. The number of hydrogen-bond donors (Lipinski definition) is 2. The van der Waals surface area contributed by atoms with Crippen LogP contribution in [-0.2, 0) is 10.2 Å². The van der Waals surface area contributed by atoms with Gasteiger partial charge in [0.15, 0.2) is 0 Å². The maximum atomic E-state index is 11.9. The molecule has 104 valence electrons. The lowest BCUT2D eigenvalue weighted by atomic mass is 9.71. The fourth-order valence-electron chi connectivity index (χ4n) is 2.89. The van der Waals surface area contributed by atoms with Crippen LogP contribution in [0.2, 0.25) is 0 Å². The summed E-state index contributed by atoms with van der Waals surface area (Å²) in [5.41, 5.74) is 8.29. The molecule has 0 radical (unpaired) electrons. The average Bonchev–Trinajstić information content (AvgIpc) is 2.40. The van der Waals surface area contributed by atoms with E-state index in [0.717, 1.165) is 19.3 Å². The normalized spacial score (nSPS) is 20.7. The molecule has 1 aromatic carbocycles. The molecule has 0 heterocycles. The van der Waals surface area contributed by atoms with Gasteiger partial charge in [0.05, 0.1) is 6.04 Å². The van der Waals surface area contributed by atoms with Gasteiger partial charge in [-0.05, 0) is 42.3 Å². The van der Waals surface area contributed by atoms with Crippen molar-refractivity contribution in [3.63, 3.8) is 0 Å². The molecule has 1 atom stereocenters. The molecule has 0 aromatic heterocycles. The predicted octanol–water partition coefficient (Wildman–Crippen LogP) is 2.65. The molecule has 0 saturated carbocycles. The van der Waals surface area contributed by atoms with E-state index >= 15 is 0 Å². The first-order valence-corrected chi connectivity index (χ1v) is 7.13. The summed E-state index contributed by atoms with van der Waals surface area (Å²) in [6.07, 6.45) is 3.40. The second-order valence-corrected chi connectivity index (χ2v) is 6.02. The standard InChI is InChI=1S/C16H24N2O/c1-16(2)10-9-14(18-15(19)8-5-11-17)12-6-3-4-7-13(12)16/h3-4,6-7,14H,5,8-11,17H2,1-2H3,(H,18,19). The van der Waals surface area contributed by atoms with E-state index in [-0.39, 0.29) is 17.4 Å². The lowest BCUT2D eigenvalue weighted by molar-refractivity contribution is -0.122. The quantitative estimate of drug-likeness (QED) is 0.874. The Morgan fingerprint density at radius 2 is 2.16 bits per heavy atom. The number of nitrogens with two attached hydrogens (primary N) is 1. The van der Waals surface area contributed by atoms with E-state index in [1.165, 1.54) is 11.1 Å². The number of fused-ring (bicyclic) bond motifs is 1. The Balaban J connectivity index is 2.14. The minimum absolute atomic E-state index is 0.116. The summed E-state index contributed by atoms with van der Waals surface area (Å²) in [5, 5.41) is 3.15. The smallest absolute Gasteiger partial charge is 0.220 e. The summed E-state index contributed by atoms with van der Waals surface area (Å²) >= 11 is 0. The molecular formula is C16H24N2O. The molecule has 0 bridgehead atoms. The average molecular weight is 260 g/mol. The van der Waals surface area contributed by atoms with Crippen LogP contribution >= 0.6 is 0 Å². The SMILES string of the molecule is CC1(C)CCC(NC(=O)CCCN)c2ccccc21. The minimum Gasteiger partial charge on any atom is -0.349 e. The highest BCUT2D eigenvalue weighted by molar-refractivity contribution is 5.76. The molecule has 2 rings (SSSR count). The number of carbonyl (C=O) groups excluding carboxylic acids is 1. The third-order valence-corrected chi connectivity index (χ3v) is 4.07. The van der Waals surface area contributed by atoms with Crippen molar-refractivity contribution in [2.75, 3.05) is 6.54 Å². The van der Waals surface area contributed by atoms with E-state index in [1.807, 2.05) is 0 Å². The van der Waals surface area contributed by atoms with Crippen LogP contribution in [0.1, 0.15) is 56.7 Å². The van der Waals surface area contributed by atoms with E-state index in [4.69, 9.17) is 5.73 Å². The first-order chi connectivity index (χ1) is 9.04. The molecule has 1 unspecified atom stereocenters. The molecule has 1 aliphatic rings. The third-order valence-electron chi connectivity index (χ3n) is 4.07. The Labute approximate surface area is 115 Å². The van der Waals surface area contributed by atoms with Crippen LogP contribution in [0.15, 0.2) is 24.3 Å². The van der Waals surface area contributed by atoms with Gasteiger partial charge in [-0.2, -0.15) is 0 Å². The van der Waals surface area contributed by atoms with Gasteiger partial charge in [0.2, 0.25) is 5.91 Å². The van der Waals surface area contributed by atoms with Crippen LogP contribution in [-0.4, -0.2) is 12.5 Å². The fourth-order valence-corrected chi connectivity index (χ4v) is 2.89. The number of benzene rings is 1. The van der Waals surface area contributed by atoms with Crippen molar-refractivity contribution in [3.05, 3.63) is 35.4 Å². The number of carbonyl (C=O) groups is 1. The minimum atomic E-state index is 0.116. The zero-order valence-corrected chi connectivity index (χ0v) is 11.9. The summed E-state index contributed by atoms with van der Waals surface area (Å²) in [6.45, 7) is 5.12. The van der Waals surface area contributed by atoms with Gasteiger partial charge in [-0.1, -0.05) is 38.1 Å². The maximum absolute atomic E-state index is 11.9. The van der Waals surface area contributed by atoms with Gasteiger partial charge in [0.25, 0.3) is 0 Å². The highest BCUT2D eigenvalue weighted by atomic mass is 16.1. The molecule has 1 aliphatic carbocycles. The number of amides is 1. The van der Waals surface area contributed by atoms with Gasteiger partial charge < -0.3 is 11.1 Å². The number of nitrogens with one attached hydrogen (secondary N) is 1. The van der Waals surface area contributed by atoms with Crippen LogP contribution in [0.3, 0.4) is 0 Å².